The fourth-order valence-electron chi connectivity index (χ4n) is 3.35. The lowest BCUT2D eigenvalue weighted by atomic mass is 9.97. The summed E-state index contributed by atoms with van der Waals surface area (Å²) in [6, 6.07) is 12.3. The molecule has 0 saturated carbocycles. The zero-order chi connectivity index (χ0) is 21.2. The quantitative estimate of drug-likeness (QED) is 0.763. The Bertz CT molecular complexity index is 1060. The van der Waals surface area contributed by atoms with Crippen LogP contribution in [-0.4, -0.2) is 45.0 Å². The predicted molar refractivity (Wildman–Crippen MR) is 113 cm³/mol. The zero-order valence-electron chi connectivity index (χ0n) is 16.4. The highest BCUT2D eigenvalue weighted by Gasteiger charge is 2.24. The normalized spacial score (nSPS) is 13.4. The molecule has 0 aliphatic carbocycles. The van der Waals surface area contributed by atoms with Crippen LogP contribution in [0.2, 0.25) is 0 Å². The minimum atomic E-state index is -3.37. The van der Waals surface area contributed by atoms with E-state index in [0.717, 1.165) is 17.4 Å². The minimum Gasteiger partial charge on any atom is -0.334 e. The molecule has 2 aromatic carbocycles. The van der Waals surface area contributed by atoms with E-state index < -0.39 is 10.0 Å². The van der Waals surface area contributed by atoms with Crippen LogP contribution in [0, 0.1) is 0 Å². The molecule has 1 aliphatic heterocycles. The Balaban J connectivity index is 1.77. The molecule has 1 N–H and O–H groups in total. The van der Waals surface area contributed by atoms with Gasteiger partial charge in [0.05, 0.1) is 11.9 Å². The van der Waals surface area contributed by atoms with Crippen LogP contribution in [0.1, 0.15) is 21.5 Å². The highest BCUT2D eigenvalue weighted by molar-refractivity contribution is 7.92. The number of nitrogens with zero attached hydrogens (tertiary/aromatic N) is 2. The smallest absolute Gasteiger partial charge is 0.254 e. The Morgan fingerprint density at radius 2 is 1.86 bits per heavy atom. The second kappa shape index (κ2) is 8.08. The molecule has 29 heavy (non-hydrogen) atoms. The lowest BCUT2D eigenvalue weighted by Crippen LogP contribution is -2.36. The van der Waals surface area contributed by atoms with Crippen LogP contribution in [-0.2, 0) is 27.8 Å². The summed E-state index contributed by atoms with van der Waals surface area (Å²) >= 11 is 0. The highest BCUT2D eigenvalue weighted by Crippen LogP contribution is 2.28. The van der Waals surface area contributed by atoms with E-state index in [-0.39, 0.29) is 11.8 Å². The van der Waals surface area contributed by atoms with E-state index in [1.54, 1.807) is 48.3 Å². The van der Waals surface area contributed by atoms with Crippen LogP contribution in [0.25, 0.3) is 0 Å². The van der Waals surface area contributed by atoms with Gasteiger partial charge < -0.3 is 9.80 Å². The molecule has 8 heteroatoms. The van der Waals surface area contributed by atoms with Crippen molar-refractivity contribution in [1.29, 1.82) is 0 Å². The molecule has 2 amide bonds. The maximum Gasteiger partial charge on any atom is 0.254 e. The van der Waals surface area contributed by atoms with Crippen LogP contribution in [0.4, 0.5) is 11.4 Å². The Kier molecular flexibility index (Phi) is 5.74. The Morgan fingerprint density at radius 1 is 1.17 bits per heavy atom. The van der Waals surface area contributed by atoms with Crippen LogP contribution in [0.15, 0.2) is 55.1 Å². The van der Waals surface area contributed by atoms with Crippen LogP contribution in [0.3, 0.4) is 0 Å². The first kappa shape index (κ1) is 20.6. The van der Waals surface area contributed by atoms with Crippen molar-refractivity contribution >= 4 is 33.2 Å². The molecule has 0 saturated heterocycles. The number of nitrogens with one attached hydrogen (secondary N) is 1. The number of amides is 2. The monoisotopic (exact) mass is 413 g/mol. The lowest BCUT2D eigenvalue weighted by Gasteiger charge is -2.30. The van der Waals surface area contributed by atoms with E-state index >= 15 is 0 Å². The summed E-state index contributed by atoms with van der Waals surface area (Å²) in [4.78, 5) is 27.8. The summed E-state index contributed by atoms with van der Waals surface area (Å²) in [5.74, 6) is -0.336. The average Bonchev–Trinajstić information content (AvgIpc) is 2.71. The largest absolute Gasteiger partial charge is 0.334 e. The maximum absolute atomic E-state index is 12.9. The van der Waals surface area contributed by atoms with Gasteiger partial charge >= 0.3 is 0 Å². The summed E-state index contributed by atoms with van der Waals surface area (Å²) in [7, 11) is -1.72. The minimum absolute atomic E-state index is 0.110. The highest BCUT2D eigenvalue weighted by atomic mass is 32.2. The molecule has 0 atom stereocenters. The van der Waals surface area contributed by atoms with Gasteiger partial charge in [0.1, 0.15) is 0 Å². The number of benzene rings is 2. The van der Waals surface area contributed by atoms with Gasteiger partial charge in [0.2, 0.25) is 15.9 Å². The average molecular weight is 413 g/mol. The molecule has 3 rings (SSSR count). The van der Waals surface area contributed by atoms with Gasteiger partial charge in [0.15, 0.2) is 0 Å². The van der Waals surface area contributed by atoms with Crippen molar-refractivity contribution in [3.63, 3.8) is 0 Å². The Labute approximate surface area is 170 Å². The molecular formula is C21H23N3O4S. The molecule has 0 fully saturated rings. The van der Waals surface area contributed by atoms with Gasteiger partial charge in [-0.15, -0.1) is 0 Å². The molecule has 0 spiro atoms. The first-order valence-electron chi connectivity index (χ1n) is 9.07. The standard InChI is InChI=1S/C21H23N3O4S/c1-4-20(25)23(2)17-10-8-15(9-11-17)21(26)24-13-12-18-16(14-24)6-5-7-19(18)22-29(3,27)28/h4-11,22H,1,12-14H2,2-3H3. The first-order chi connectivity index (χ1) is 13.7. The van der Waals surface area contributed by atoms with E-state index in [0.29, 0.717) is 36.4 Å². The number of fused-ring (bicyclic) bond motifs is 1. The van der Waals surface area contributed by atoms with Gasteiger partial charge in [-0.25, -0.2) is 8.42 Å². The third-order valence-corrected chi connectivity index (χ3v) is 5.45. The van der Waals surface area contributed by atoms with Crippen LogP contribution in [0.5, 0.6) is 0 Å². The maximum atomic E-state index is 12.9. The van der Waals surface area contributed by atoms with E-state index in [1.807, 2.05) is 6.07 Å². The lowest BCUT2D eigenvalue weighted by molar-refractivity contribution is -0.113. The zero-order valence-corrected chi connectivity index (χ0v) is 17.2. The molecule has 2 aromatic rings. The van der Waals surface area contributed by atoms with Crippen molar-refractivity contribution in [2.45, 2.75) is 13.0 Å². The van der Waals surface area contributed by atoms with Crippen molar-refractivity contribution in [2.75, 3.05) is 29.5 Å². The number of likely N-dealkylation sites (N-methyl/N-ethyl adjacent to an activating group) is 1. The summed E-state index contributed by atoms with van der Waals surface area (Å²) in [5, 5.41) is 0. The van der Waals surface area contributed by atoms with Crippen molar-refractivity contribution in [3.05, 3.63) is 71.8 Å². The van der Waals surface area contributed by atoms with Crippen molar-refractivity contribution in [1.82, 2.24) is 4.90 Å². The molecule has 0 radical (unpaired) electrons. The van der Waals surface area contributed by atoms with Crippen molar-refractivity contribution < 1.29 is 18.0 Å². The number of hydrogen-bond acceptors (Lipinski definition) is 4. The van der Waals surface area contributed by atoms with Gasteiger partial charge in [-0.1, -0.05) is 18.7 Å². The van der Waals surface area contributed by atoms with E-state index in [2.05, 4.69) is 11.3 Å². The molecule has 1 heterocycles. The Morgan fingerprint density at radius 3 is 2.48 bits per heavy atom. The molecular weight excluding hydrogens is 390 g/mol. The fraction of sp³-hybridized carbons (Fsp3) is 0.238. The van der Waals surface area contributed by atoms with Crippen LogP contribution >= 0.6 is 0 Å². The number of hydrogen-bond donors (Lipinski definition) is 1. The van der Waals surface area contributed by atoms with E-state index in [4.69, 9.17) is 0 Å². The topological polar surface area (TPSA) is 86.8 Å². The molecule has 152 valence electrons. The molecule has 7 nitrogen and oxygen atoms in total. The summed E-state index contributed by atoms with van der Waals surface area (Å²) in [6.07, 6.45) is 2.92. The van der Waals surface area contributed by atoms with Crippen LogP contribution < -0.4 is 9.62 Å². The number of sulfonamides is 1. The number of carbonyl (C=O) groups is 2. The van der Waals surface area contributed by atoms with Gasteiger partial charge in [-0.05, 0) is 54.0 Å². The molecule has 0 aromatic heterocycles. The number of rotatable bonds is 5. The number of anilines is 2. The molecule has 1 aliphatic rings. The van der Waals surface area contributed by atoms with Crippen molar-refractivity contribution in [3.8, 4) is 0 Å². The number of carbonyl (C=O) groups excluding carboxylic acids is 2. The van der Waals surface area contributed by atoms with Gasteiger partial charge in [-0.3, -0.25) is 14.3 Å². The summed E-state index contributed by atoms with van der Waals surface area (Å²) < 4.78 is 25.7. The molecule has 0 bridgehead atoms. The first-order valence-corrected chi connectivity index (χ1v) is 11.0. The summed E-state index contributed by atoms with van der Waals surface area (Å²) in [6.45, 7) is 4.37. The second-order valence-corrected chi connectivity index (χ2v) is 8.69. The van der Waals surface area contributed by atoms with Gasteiger partial charge in [-0.2, -0.15) is 0 Å². The van der Waals surface area contributed by atoms with Gasteiger partial charge in [0, 0.05) is 31.4 Å². The summed E-state index contributed by atoms with van der Waals surface area (Å²) in [5.41, 5.74) is 3.61. The van der Waals surface area contributed by atoms with E-state index in [1.165, 1.54) is 11.0 Å². The van der Waals surface area contributed by atoms with E-state index in [9.17, 15) is 18.0 Å². The van der Waals surface area contributed by atoms with Crippen molar-refractivity contribution in [2.24, 2.45) is 0 Å². The SMILES string of the molecule is C=CC(=O)N(C)c1ccc(C(=O)N2CCc3c(cccc3NS(C)(=O)=O)C2)cc1. The fourth-order valence-corrected chi connectivity index (χ4v) is 3.94. The predicted octanol–water partition coefficient (Wildman–Crippen LogP) is 2.41. The third kappa shape index (κ3) is 4.65. The Hall–Kier alpha value is -3.13. The third-order valence-electron chi connectivity index (χ3n) is 4.86. The van der Waals surface area contributed by atoms with Gasteiger partial charge in [0.25, 0.3) is 5.91 Å². The molecule has 0 unspecified atom stereocenters. The second-order valence-electron chi connectivity index (χ2n) is 6.94.